The Bertz CT molecular complexity index is 1740. The molecule has 2 amide bonds. The predicted octanol–water partition coefficient (Wildman–Crippen LogP) is 5.32. The van der Waals surface area contributed by atoms with Gasteiger partial charge in [0.05, 0.1) is 19.0 Å². The van der Waals surface area contributed by atoms with E-state index in [-0.39, 0.29) is 12.0 Å². The lowest BCUT2D eigenvalue weighted by Gasteiger charge is -2.22. The maximum atomic E-state index is 13.2. The highest BCUT2D eigenvalue weighted by atomic mass is 19.4. The van der Waals surface area contributed by atoms with E-state index in [4.69, 9.17) is 4.74 Å². The average molecular weight is 637 g/mol. The van der Waals surface area contributed by atoms with E-state index in [1.165, 1.54) is 18.2 Å². The molecule has 46 heavy (non-hydrogen) atoms. The van der Waals surface area contributed by atoms with Crippen molar-refractivity contribution >= 4 is 40.3 Å². The summed E-state index contributed by atoms with van der Waals surface area (Å²) in [6.45, 7) is 1.85. The van der Waals surface area contributed by atoms with Crippen LogP contribution < -0.4 is 20.7 Å². The lowest BCUT2D eigenvalue weighted by molar-refractivity contribution is -0.189. The molecule has 0 fully saturated rings. The van der Waals surface area contributed by atoms with Crippen molar-refractivity contribution in [1.82, 2.24) is 15.6 Å². The van der Waals surface area contributed by atoms with Gasteiger partial charge in [-0.2, -0.15) is 13.2 Å². The summed E-state index contributed by atoms with van der Waals surface area (Å²) in [5.41, 5.74) is 1.88. The zero-order valence-electron chi connectivity index (χ0n) is 24.7. The van der Waals surface area contributed by atoms with E-state index in [9.17, 15) is 37.5 Å². The van der Waals surface area contributed by atoms with Crippen LogP contribution in [0, 0.1) is 6.92 Å². The smallest absolute Gasteiger partial charge is 0.481 e. The largest absolute Gasteiger partial charge is 0.491 e. The molecule has 10 nitrogen and oxygen atoms in total. The third kappa shape index (κ3) is 9.27. The standard InChI is InChI=1S/C33H31F3N4O6/c1-20-13-15-38-28(16-20)37-14-5-10-29(41)39-19-30(42)40-26(18-31(43)44)25-12-11-22(17-27(25)46-32(45)33(34,35)36)24-9-4-7-21-6-2-3-8-23(21)24/h2-4,6-9,11-13,15-17,26H,5,10,14,18-19H2,1H3,(H,37,38)(H,39,41)(H,40,42)(H,43,44). The number of carbonyl (C=O) groups is 4. The Kier molecular flexibility index (Phi) is 10.9. The number of carbonyl (C=O) groups excluding carboxylic acids is 3. The molecule has 0 radical (unpaired) electrons. The number of nitrogens with one attached hydrogen (secondary N) is 3. The van der Waals surface area contributed by atoms with Crippen molar-refractivity contribution in [3.05, 3.63) is 90.1 Å². The SMILES string of the molecule is Cc1ccnc(NCCCC(=O)NCC(=O)NC(CC(=O)O)c2ccc(-c3cccc4ccccc34)cc2OC(=O)C(F)(F)F)c1. The van der Waals surface area contributed by atoms with E-state index in [2.05, 4.69) is 20.9 Å². The molecule has 4 aromatic rings. The van der Waals surface area contributed by atoms with Crippen LogP contribution in [0.4, 0.5) is 19.0 Å². The van der Waals surface area contributed by atoms with Crippen molar-refractivity contribution in [1.29, 1.82) is 0 Å². The molecule has 1 heterocycles. The number of amides is 2. The molecule has 0 saturated carbocycles. The van der Waals surface area contributed by atoms with Crippen LogP contribution >= 0.6 is 0 Å². The number of aryl methyl sites for hydroxylation is 1. The van der Waals surface area contributed by atoms with Crippen LogP contribution in [0.1, 0.15) is 36.4 Å². The molecule has 0 saturated heterocycles. The number of pyridine rings is 1. The first-order valence-corrected chi connectivity index (χ1v) is 14.3. The number of rotatable bonds is 13. The Balaban J connectivity index is 1.48. The fourth-order valence-electron chi connectivity index (χ4n) is 4.74. The molecule has 0 aliphatic carbocycles. The summed E-state index contributed by atoms with van der Waals surface area (Å²) in [5, 5.41) is 19.1. The predicted molar refractivity (Wildman–Crippen MR) is 164 cm³/mol. The molecule has 3 aromatic carbocycles. The average Bonchev–Trinajstić information content (AvgIpc) is 3.01. The second-order valence-electron chi connectivity index (χ2n) is 10.4. The van der Waals surface area contributed by atoms with Crippen LogP contribution in [0.15, 0.2) is 79.0 Å². The van der Waals surface area contributed by atoms with Crippen LogP contribution in [0.25, 0.3) is 21.9 Å². The molecule has 13 heteroatoms. The van der Waals surface area contributed by atoms with Crippen LogP contribution in [-0.2, 0) is 19.2 Å². The fourth-order valence-corrected chi connectivity index (χ4v) is 4.74. The molecule has 0 bridgehead atoms. The first-order valence-electron chi connectivity index (χ1n) is 14.3. The van der Waals surface area contributed by atoms with Crippen LogP contribution in [-0.4, -0.2) is 53.1 Å². The van der Waals surface area contributed by atoms with E-state index in [0.29, 0.717) is 29.9 Å². The lowest BCUT2D eigenvalue weighted by atomic mass is 9.94. The van der Waals surface area contributed by atoms with Gasteiger partial charge in [0.25, 0.3) is 0 Å². The van der Waals surface area contributed by atoms with Crippen LogP contribution in [0.3, 0.4) is 0 Å². The van der Waals surface area contributed by atoms with Crippen molar-refractivity contribution in [2.45, 2.75) is 38.4 Å². The Morgan fingerprint density at radius 3 is 2.46 bits per heavy atom. The number of nitrogens with zero attached hydrogens (tertiary/aromatic N) is 1. The quantitative estimate of drug-likeness (QED) is 0.0877. The number of carboxylic acid groups (broad SMARTS) is 1. The Labute approximate surface area is 262 Å². The zero-order chi connectivity index (χ0) is 33.3. The minimum absolute atomic E-state index is 0.0812. The number of benzene rings is 3. The normalized spacial score (nSPS) is 11.8. The second kappa shape index (κ2) is 15.0. The number of aromatic nitrogens is 1. The second-order valence-corrected chi connectivity index (χ2v) is 10.4. The van der Waals surface area contributed by atoms with Crippen molar-refractivity contribution < 1.29 is 42.2 Å². The summed E-state index contributed by atoms with van der Waals surface area (Å²) >= 11 is 0. The number of anilines is 1. The van der Waals surface area contributed by atoms with E-state index in [1.54, 1.807) is 24.4 Å². The third-order valence-corrected chi connectivity index (χ3v) is 6.89. The monoisotopic (exact) mass is 636 g/mol. The molecular weight excluding hydrogens is 605 g/mol. The Hall–Kier alpha value is -5.46. The van der Waals surface area contributed by atoms with Gasteiger partial charge in [-0.1, -0.05) is 54.6 Å². The van der Waals surface area contributed by atoms with Gasteiger partial charge < -0.3 is 25.8 Å². The van der Waals surface area contributed by atoms with Gasteiger partial charge in [0.1, 0.15) is 11.6 Å². The molecule has 4 N–H and O–H groups in total. The number of carboxylic acids is 1. The number of fused-ring (bicyclic) bond motifs is 1. The van der Waals surface area contributed by atoms with E-state index in [1.807, 2.05) is 43.3 Å². The summed E-state index contributed by atoms with van der Waals surface area (Å²) in [6.07, 6.45) is -3.92. The van der Waals surface area contributed by atoms with Gasteiger partial charge in [-0.15, -0.1) is 0 Å². The van der Waals surface area contributed by atoms with Crippen molar-refractivity contribution in [2.24, 2.45) is 0 Å². The van der Waals surface area contributed by atoms with Gasteiger partial charge in [-0.25, -0.2) is 9.78 Å². The number of ether oxygens (including phenoxy) is 1. The van der Waals surface area contributed by atoms with E-state index >= 15 is 0 Å². The summed E-state index contributed by atoms with van der Waals surface area (Å²) in [4.78, 5) is 52.8. The van der Waals surface area contributed by atoms with Crippen LogP contribution in [0.2, 0.25) is 0 Å². The van der Waals surface area contributed by atoms with Gasteiger partial charge >= 0.3 is 18.1 Å². The van der Waals surface area contributed by atoms with Gasteiger partial charge in [-0.3, -0.25) is 14.4 Å². The minimum Gasteiger partial charge on any atom is -0.481 e. The minimum atomic E-state index is -5.34. The zero-order valence-corrected chi connectivity index (χ0v) is 24.7. The van der Waals surface area contributed by atoms with Gasteiger partial charge in [0.15, 0.2) is 0 Å². The Morgan fingerprint density at radius 1 is 0.957 bits per heavy atom. The molecule has 240 valence electrons. The topological polar surface area (TPSA) is 147 Å². The molecular formula is C33H31F3N4O6. The molecule has 0 aliphatic heterocycles. The maximum Gasteiger partial charge on any atom is 0.491 e. The van der Waals surface area contributed by atoms with Gasteiger partial charge in [0, 0.05) is 24.7 Å². The molecule has 1 aromatic heterocycles. The lowest BCUT2D eigenvalue weighted by Crippen LogP contribution is -2.39. The highest BCUT2D eigenvalue weighted by molar-refractivity contribution is 5.97. The summed E-state index contributed by atoms with van der Waals surface area (Å²) in [6, 6.07) is 19.0. The number of halogens is 3. The van der Waals surface area contributed by atoms with Crippen molar-refractivity contribution in [3.8, 4) is 16.9 Å². The molecule has 0 aliphatic rings. The van der Waals surface area contributed by atoms with Crippen LogP contribution in [0.5, 0.6) is 5.75 Å². The molecule has 1 atom stereocenters. The van der Waals surface area contributed by atoms with Crippen molar-refractivity contribution in [3.63, 3.8) is 0 Å². The summed E-state index contributed by atoms with van der Waals surface area (Å²) < 4.78 is 44.4. The van der Waals surface area contributed by atoms with Gasteiger partial charge in [0.2, 0.25) is 11.8 Å². The van der Waals surface area contributed by atoms with Crippen molar-refractivity contribution in [2.75, 3.05) is 18.4 Å². The maximum absolute atomic E-state index is 13.2. The molecule has 4 rings (SSSR count). The number of esters is 1. The number of hydrogen-bond donors (Lipinski definition) is 4. The number of alkyl halides is 3. The summed E-state index contributed by atoms with van der Waals surface area (Å²) in [5.74, 6) is -5.04. The fraction of sp³-hybridized carbons (Fsp3) is 0.242. The molecule has 1 unspecified atom stereocenters. The third-order valence-electron chi connectivity index (χ3n) is 6.89. The number of aliphatic carboxylic acids is 1. The van der Waals surface area contributed by atoms with E-state index < -0.39 is 54.7 Å². The summed E-state index contributed by atoms with van der Waals surface area (Å²) in [7, 11) is 0. The highest BCUT2D eigenvalue weighted by Crippen LogP contribution is 2.36. The number of hydrogen-bond acceptors (Lipinski definition) is 7. The first kappa shape index (κ1) is 33.4. The van der Waals surface area contributed by atoms with E-state index in [0.717, 1.165) is 16.3 Å². The first-order chi connectivity index (χ1) is 21.9. The van der Waals surface area contributed by atoms with Gasteiger partial charge in [-0.05, 0) is 59.0 Å². The Morgan fingerprint density at radius 2 is 1.72 bits per heavy atom. The highest BCUT2D eigenvalue weighted by Gasteiger charge is 2.42. The molecule has 0 spiro atoms.